The molecule has 0 saturated carbocycles. The summed E-state index contributed by atoms with van der Waals surface area (Å²) in [4.78, 5) is 65.0. The number of aryl methyl sites for hydroxylation is 2. The molecule has 2 aliphatic heterocycles. The molecule has 1 unspecified atom stereocenters. The van der Waals surface area contributed by atoms with Gasteiger partial charge >= 0.3 is 11.8 Å². The Morgan fingerprint density at radius 3 is 2.35 bits per heavy atom. The van der Waals surface area contributed by atoms with Crippen molar-refractivity contribution in [2.24, 2.45) is 13.0 Å². The SMILES string of the molecule is Cn1c(=O)n(C2CCC(=O)NC2=O)c2ccc(CCCC3CCN(C(=O)[C@H](Cc4ccc(F)c(F)c4)NC(=O)OC(C)(C)C)CC3)cc21. The number of aromatic nitrogens is 2. The topological polar surface area (TPSA) is 132 Å². The molecule has 258 valence electrons. The second-order valence-corrected chi connectivity index (χ2v) is 13.8. The molecule has 0 bridgehead atoms. The third kappa shape index (κ3) is 8.11. The Kier molecular flexibility index (Phi) is 10.4. The number of ether oxygens (including phenoxy) is 1. The van der Waals surface area contributed by atoms with Crippen LogP contribution in [0.2, 0.25) is 0 Å². The fourth-order valence-corrected chi connectivity index (χ4v) is 6.60. The molecule has 13 heteroatoms. The summed E-state index contributed by atoms with van der Waals surface area (Å²) in [6.07, 6.45) is 3.93. The number of halogens is 2. The van der Waals surface area contributed by atoms with Crippen molar-refractivity contribution >= 4 is 34.8 Å². The first-order valence-electron chi connectivity index (χ1n) is 16.5. The van der Waals surface area contributed by atoms with E-state index in [4.69, 9.17) is 4.74 Å². The lowest BCUT2D eigenvalue weighted by molar-refractivity contribution is -0.136. The van der Waals surface area contributed by atoms with Gasteiger partial charge in [0.05, 0.1) is 11.0 Å². The fourth-order valence-electron chi connectivity index (χ4n) is 6.60. The highest BCUT2D eigenvalue weighted by atomic mass is 19.2. The summed E-state index contributed by atoms with van der Waals surface area (Å²) in [5.74, 6) is -2.70. The zero-order valence-electron chi connectivity index (χ0n) is 27.8. The first-order valence-corrected chi connectivity index (χ1v) is 16.5. The van der Waals surface area contributed by atoms with Gasteiger partial charge in [0.1, 0.15) is 17.7 Å². The van der Waals surface area contributed by atoms with Gasteiger partial charge in [-0.2, -0.15) is 0 Å². The Balaban J connectivity index is 1.16. The fraction of sp³-hybridized carbons (Fsp3) is 0.514. The van der Waals surface area contributed by atoms with Gasteiger partial charge in [-0.25, -0.2) is 18.4 Å². The second kappa shape index (κ2) is 14.3. The van der Waals surface area contributed by atoms with Gasteiger partial charge < -0.3 is 15.0 Å². The molecule has 48 heavy (non-hydrogen) atoms. The smallest absolute Gasteiger partial charge is 0.408 e. The summed E-state index contributed by atoms with van der Waals surface area (Å²) in [5.41, 5.74) is 1.75. The number of imide groups is 1. The number of piperidine rings is 2. The largest absolute Gasteiger partial charge is 0.444 e. The van der Waals surface area contributed by atoms with Crippen molar-refractivity contribution in [2.75, 3.05) is 13.1 Å². The van der Waals surface area contributed by atoms with Crippen LogP contribution < -0.4 is 16.3 Å². The van der Waals surface area contributed by atoms with E-state index < -0.39 is 41.3 Å². The van der Waals surface area contributed by atoms with Gasteiger partial charge in [-0.3, -0.25) is 28.8 Å². The summed E-state index contributed by atoms with van der Waals surface area (Å²) in [6, 6.07) is 7.51. The minimum absolute atomic E-state index is 0.0118. The molecule has 2 fully saturated rings. The number of likely N-dealkylation sites (tertiary alicyclic amines) is 1. The highest BCUT2D eigenvalue weighted by molar-refractivity contribution is 6.00. The Hall–Kier alpha value is -4.55. The number of benzene rings is 2. The van der Waals surface area contributed by atoms with E-state index >= 15 is 0 Å². The van der Waals surface area contributed by atoms with E-state index in [-0.39, 0.29) is 36.8 Å². The third-order valence-electron chi connectivity index (χ3n) is 9.09. The van der Waals surface area contributed by atoms with E-state index in [0.717, 1.165) is 55.3 Å². The predicted molar refractivity (Wildman–Crippen MR) is 174 cm³/mol. The van der Waals surface area contributed by atoms with Crippen LogP contribution in [0.5, 0.6) is 0 Å². The quantitative estimate of drug-likeness (QED) is 0.328. The van der Waals surface area contributed by atoms with Crippen LogP contribution in [0.4, 0.5) is 13.6 Å². The minimum Gasteiger partial charge on any atom is -0.444 e. The van der Waals surface area contributed by atoms with Gasteiger partial charge in [-0.05, 0) is 101 Å². The molecular formula is C35H43F2N5O6. The highest BCUT2D eigenvalue weighted by Crippen LogP contribution is 2.27. The highest BCUT2D eigenvalue weighted by Gasteiger charge is 2.32. The number of nitrogens with one attached hydrogen (secondary N) is 2. The van der Waals surface area contributed by atoms with Gasteiger partial charge in [0.25, 0.3) is 0 Å². The molecule has 0 aliphatic carbocycles. The average Bonchev–Trinajstić information content (AvgIpc) is 3.26. The maximum atomic E-state index is 13.9. The molecule has 3 heterocycles. The molecule has 2 atom stereocenters. The summed E-state index contributed by atoms with van der Waals surface area (Å²) >= 11 is 0. The van der Waals surface area contributed by atoms with Gasteiger partial charge in [-0.1, -0.05) is 12.1 Å². The Labute approximate surface area is 277 Å². The van der Waals surface area contributed by atoms with E-state index in [1.807, 2.05) is 18.2 Å². The van der Waals surface area contributed by atoms with Crippen LogP contribution >= 0.6 is 0 Å². The molecule has 2 saturated heterocycles. The lowest BCUT2D eigenvalue weighted by Crippen LogP contribution is -2.52. The van der Waals surface area contributed by atoms with E-state index in [9.17, 15) is 32.8 Å². The van der Waals surface area contributed by atoms with Gasteiger partial charge in [0.15, 0.2) is 11.6 Å². The van der Waals surface area contributed by atoms with Crippen LogP contribution in [-0.2, 0) is 39.0 Å². The summed E-state index contributed by atoms with van der Waals surface area (Å²) in [6.45, 7) is 6.16. The van der Waals surface area contributed by atoms with Crippen molar-refractivity contribution in [3.8, 4) is 0 Å². The first kappa shape index (κ1) is 34.8. The second-order valence-electron chi connectivity index (χ2n) is 13.8. The number of hydrogen-bond donors (Lipinski definition) is 2. The van der Waals surface area contributed by atoms with Gasteiger partial charge in [-0.15, -0.1) is 0 Å². The van der Waals surface area contributed by atoms with Crippen LogP contribution in [-0.4, -0.2) is 62.6 Å². The zero-order valence-corrected chi connectivity index (χ0v) is 27.8. The molecule has 0 radical (unpaired) electrons. The lowest BCUT2D eigenvalue weighted by Gasteiger charge is -2.34. The molecule has 2 aliphatic rings. The molecular weight excluding hydrogens is 624 g/mol. The molecule has 2 N–H and O–H groups in total. The Morgan fingerprint density at radius 2 is 1.69 bits per heavy atom. The van der Waals surface area contributed by atoms with Crippen LogP contribution in [0.25, 0.3) is 11.0 Å². The van der Waals surface area contributed by atoms with Crippen molar-refractivity contribution in [1.82, 2.24) is 24.7 Å². The molecule has 0 spiro atoms. The molecule has 3 aromatic rings. The number of hydrogen-bond acceptors (Lipinski definition) is 6. The number of carbonyl (C=O) groups excluding carboxylic acids is 4. The molecule has 5 rings (SSSR count). The van der Waals surface area contributed by atoms with E-state index in [2.05, 4.69) is 10.6 Å². The Morgan fingerprint density at radius 1 is 0.979 bits per heavy atom. The monoisotopic (exact) mass is 667 g/mol. The van der Waals surface area contributed by atoms with Gasteiger partial charge in [0, 0.05) is 33.0 Å². The summed E-state index contributed by atoms with van der Waals surface area (Å²) in [5, 5.41) is 4.96. The molecule has 2 aromatic carbocycles. The van der Waals surface area contributed by atoms with Crippen LogP contribution in [0.1, 0.15) is 76.5 Å². The number of amides is 4. The van der Waals surface area contributed by atoms with Crippen molar-refractivity contribution < 1.29 is 32.7 Å². The third-order valence-corrected chi connectivity index (χ3v) is 9.09. The Bertz CT molecular complexity index is 1770. The van der Waals surface area contributed by atoms with Crippen molar-refractivity contribution in [3.63, 3.8) is 0 Å². The molecule has 1 aromatic heterocycles. The maximum Gasteiger partial charge on any atom is 0.408 e. The van der Waals surface area contributed by atoms with E-state index in [0.29, 0.717) is 30.1 Å². The van der Waals surface area contributed by atoms with Crippen molar-refractivity contribution in [1.29, 1.82) is 0 Å². The average molecular weight is 668 g/mol. The zero-order chi connectivity index (χ0) is 34.7. The standard InChI is InChI=1S/C35H43F2N5O6/c1-35(2,3)48-33(46)38-26(19-23-8-10-24(36)25(37)18-23)32(45)41-16-14-21(15-17-41)6-5-7-22-9-11-27-29(20-22)40(4)34(47)42(27)28-12-13-30(43)39-31(28)44/h8-11,18,20-21,26,28H,5-7,12-17,19H2,1-4H3,(H,38,46)(H,39,43,44)/t26-,28?/m0/s1. The van der Waals surface area contributed by atoms with Crippen LogP contribution in [0, 0.1) is 17.6 Å². The minimum atomic E-state index is -1.02. The number of imidazole rings is 1. The van der Waals surface area contributed by atoms with E-state index in [1.54, 1.807) is 32.7 Å². The van der Waals surface area contributed by atoms with Gasteiger partial charge in [0.2, 0.25) is 17.7 Å². The summed E-state index contributed by atoms with van der Waals surface area (Å²) in [7, 11) is 1.68. The number of rotatable bonds is 9. The summed E-state index contributed by atoms with van der Waals surface area (Å²) < 4.78 is 35.8. The predicted octanol–water partition coefficient (Wildman–Crippen LogP) is 4.29. The number of fused-ring (bicyclic) bond motifs is 1. The van der Waals surface area contributed by atoms with Crippen molar-refractivity contribution in [3.05, 3.63) is 69.6 Å². The molecule has 4 amide bonds. The molecule has 11 nitrogen and oxygen atoms in total. The van der Waals surface area contributed by atoms with E-state index in [1.165, 1.54) is 15.2 Å². The van der Waals surface area contributed by atoms with Crippen LogP contribution in [0.15, 0.2) is 41.2 Å². The normalized spacial score (nSPS) is 18.1. The maximum absolute atomic E-state index is 13.9. The number of carbonyl (C=O) groups is 4. The number of nitrogens with zero attached hydrogens (tertiary/aromatic N) is 3. The van der Waals surface area contributed by atoms with Crippen LogP contribution in [0.3, 0.4) is 0 Å². The first-order chi connectivity index (χ1) is 22.7. The number of alkyl carbamates (subject to hydrolysis) is 1. The van der Waals surface area contributed by atoms with Crippen molar-refractivity contribution in [2.45, 2.75) is 89.8 Å². The lowest BCUT2D eigenvalue weighted by atomic mass is 9.90.